The van der Waals surface area contributed by atoms with Gasteiger partial charge in [0, 0.05) is 6.54 Å². The van der Waals surface area contributed by atoms with E-state index in [0.29, 0.717) is 44.1 Å². The van der Waals surface area contributed by atoms with E-state index in [4.69, 9.17) is 9.47 Å². The number of sulfonamides is 1. The molecule has 28 heavy (non-hydrogen) atoms. The van der Waals surface area contributed by atoms with Gasteiger partial charge in [0.25, 0.3) is 0 Å². The fraction of sp³-hybridized carbons (Fsp3) is 0.368. The molecule has 5 nitrogen and oxygen atoms in total. The topological polar surface area (TPSA) is 55.8 Å². The largest absolute Gasteiger partial charge is 0.486 e. The van der Waals surface area contributed by atoms with Crippen molar-refractivity contribution >= 4 is 10.0 Å². The molecule has 1 atom stereocenters. The van der Waals surface area contributed by atoms with Crippen LogP contribution in [0.5, 0.6) is 11.5 Å². The van der Waals surface area contributed by atoms with Crippen LogP contribution in [0.2, 0.25) is 0 Å². The molecule has 2 aromatic carbocycles. The van der Waals surface area contributed by atoms with Crippen LogP contribution in [0, 0.1) is 0 Å². The molecule has 2 aliphatic heterocycles. The highest BCUT2D eigenvalue weighted by Gasteiger charge is 2.37. The summed E-state index contributed by atoms with van der Waals surface area (Å²) in [6.07, 6.45) is -3.22. The Morgan fingerprint density at radius 1 is 0.964 bits per heavy atom. The van der Waals surface area contributed by atoms with Crippen molar-refractivity contribution in [3.05, 3.63) is 53.6 Å². The molecule has 0 N–H and O–H groups in total. The minimum Gasteiger partial charge on any atom is -0.486 e. The molecule has 0 aliphatic carbocycles. The van der Waals surface area contributed by atoms with E-state index in [0.717, 1.165) is 29.8 Å². The lowest BCUT2D eigenvalue weighted by Crippen LogP contribution is -2.30. The van der Waals surface area contributed by atoms with Gasteiger partial charge in [-0.3, -0.25) is 0 Å². The molecule has 0 radical (unpaired) electrons. The predicted molar refractivity (Wildman–Crippen MR) is 94.7 cm³/mol. The number of rotatable bonds is 3. The van der Waals surface area contributed by atoms with Gasteiger partial charge in [-0.1, -0.05) is 6.07 Å². The number of benzene rings is 2. The van der Waals surface area contributed by atoms with Gasteiger partial charge in [0.15, 0.2) is 11.5 Å². The van der Waals surface area contributed by atoms with Crippen LogP contribution >= 0.6 is 0 Å². The normalized spacial score (nSPS) is 20.3. The number of hydrogen-bond donors (Lipinski definition) is 0. The van der Waals surface area contributed by atoms with Crippen LogP contribution in [0.4, 0.5) is 13.2 Å². The van der Waals surface area contributed by atoms with Gasteiger partial charge in [-0.2, -0.15) is 17.5 Å². The summed E-state index contributed by atoms with van der Waals surface area (Å²) in [4.78, 5) is -0.148. The second kappa shape index (κ2) is 6.97. The molecule has 2 heterocycles. The number of ether oxygens (including phenoxy) is 2. The first-order valence-corrected chi connectivity index (χ1v) is 10.3. The monoisotopic (exact) mass is 413 g/mol. The molecule has 2 aromatic rings. The smallest absolute Gasteiger partial charge is 0.416 e. The fourth-order valence-corrected chi connectivity index (χ4v) is 5.26. The molecule has 150 valence electrons. The fourth-order valence-electron chi connectivity index (χ4n) is 3.58. The molecule has 2 aliphatic rings. The van der Waals surface area contributed by atoms with Gasteiger partial charge >= 0.3 is 6.18 Å². The Morgan fingerprint density at radius 2 is 1.64 bits per heavy atom. The van der Waals surface area contributed by atoms with Gasteiger partial charge in [0.2, 0.25) is 10.0 Å². The Morgan fingerprint density at radius 3 is 2.32 bits per heavy atom. The minimum absolute atomic E-state index is 0.148. The van der Waals surface area contributed by atoms with Crippen molar-refractivity contribution in [2.24, 2.45) is 0 Å². The van der Waals surface area contributed by atoms with E-state index in [1.165, 1.54) is 4.31 Å². The number of fused-ring (bicyclic) bond motifs is 1. The molecule has 0 amide bonds. The van der Waals surface area contributed by atoms with Crippen molar-refractivity contribution in [3.8, 4) is 11.5 Å². The first kappa shape index (κ1) is 19.1. The van der Waals surface area contributed by atoms with Crippen molar-refractivity contribution in [2.45, 2.75) is 30.0 Å². The van der Waals surface area contributed by atoms with Crippen LogP contribution in [-0.4, -0.2) is 32.5 Å². The molecule has 4 rings (SSSR count). The minimum atomic E-state index is -4.51. The Bertz CT molecular complexity index is 974. The second-order valence-electron chi connectivity index (χ2n) is 6.70. The van der Waals surface area contributed by atoms with Crippen LogP contribution in [0.3, 0.4) is 0 Å². The lowest BCUT2D eigenvalue weighted by molar-refractivity contribution is -0.137. The molecular formula is C19H18F3NO4S. The summed E-state index contributed by atoms with van der Waals surface area (Å²) in [5.41, 5.74) is -0.103. The zero-order valence-corrected chi connectivity index (χ0v) is 15.6. The molecule has 0 saturated carbocycles. The molecule has 0 bridgehead atoms. The first-order chi connectivity index (χ1) is 13.3. The maximum absolute atomic E-state index is 13.1. The van der Waals surface area contributed by atoms with E-state index in [1.807, 2.05) is 0 Å². The third kappa shape index (κ3) is 3.44. The van der Waals surface area contributed by atoms with Crippen molar-refractivity contribution in [3.63, 3.8) is 0 Å². The standard InChI is InChI=1S/C19H18F3NO4S/c20-19(21,22)14-4-6-15(7-5-14)28(24,25)23-9-1-2-16(23)13-3-8-17-18(12-13)27-11-10-26-17/h3-8,12,16H,1-2,9-11H2/t16-/m1/s1. The Hall–Kier alpha value is -2.26. The SMILES string of the molecule is O=S(=O)(c1ccc(C(F)(F)F)cc1)N1CCC[C@@H]1c1ccc2c(c1)OCCO2. The summed E-state index contributed by atoms with van der Waals surface area (Å²) < 4.78 is 76.8. The third-order valence-electron chi connectivity index (χ3n) is 4.94. The van der Waals surface area contributed by atoms with Gasteiger partial charge in [0.05, 0.1) is 16.5 Å². The Kier molecular flexibility index (Phi) is 4.75. The lowest BCUT2D eigenvalue weighted by atomic mass is 10.0. The summed E-state index contributed by atoms with van der Waals surface area (Å²) in [5, 5.41) is 0. The highest BCUT2D eigenvalue weighted by molar-refractivity contribution is 7.89. The van der Waals surface area contributed by atoms with Crippen LogP contribution in [0.25, 0.3) is 0 Å². The van der Waals surface area contributed by atoms with Crippen LogP contribution in [0.15, 0.2) is 47.4 Å². The molecule has 1 fully saturated rings. The van der Waals surface area contributed by atoms with Crippen LogP contribution < -0.4 is 9.47 Å². The third-order valence-corrected chi connectivity index (χ3v) is 6.87. The van der Waals surface area contributed by atoms with Gasteiger partial charge in [-0.05, 0) is 54.8 Å². The highest BCUT2D eigenvalue weighted by Crippen LogP contribution is 2.40. The molecule has 1 saturated heterocycles. The Labute approximate surface area is 160 Å². The molecule has 0 spiro atoms. The van der Waals surface area contributed by atoms with E-state index in [2.05, 4.69) is 0 Å². The summed E-state index contributed by atoms with van der Waals surface area (Å²) in [6, 6.07) is 8.55. The maximum atomic E-state index is 13.1. The summed E-state index contributed by atoms with van der Waals surface area (Å²) in [6.45, 7) is 1.20. The number of nitrogens with zero attached hydrogens (tertiary/aromatic N) is 1. The summed E-state index contributed by atoms with van der Waals surface area (Å²) >= 11 is 0. The molecule has 9 heteroatoms. The first-order valence-electron chi connectivity index (χ1n) is 8.85. The molecule has 0 unspecified atom stereocenters. The van der Waals surface area contributed by atoms with Crippen LogP contribution in [0.1, 0.15) is 30.0 Å². The number of hydrogen-bond acceptors (Lipinski definition) is 4. The maximum Gasteiger partial charge on any atom is 0.416 e. The summed E-state index contributed by atoms with van der Waals surface area (Å²) in [5.74, 6) is 1.19. The second-order valence-corrected chi connectivity index (χ2v) is 8.59. The Balaban J connectivity index is 1.64. The van der Waals surface area contributed by atoms with Crippen molar-refractivity contribution in [1.29, 1.82) is 0 Å². The van der Waals surface area contributed by atoms with Crippen molar-refractivity contribution in [2.75, 3.05) is 19.8 Å². The highest BCUT2D eigenvalue weighted by atomic mass is 32.2. The van der Waals surface area contributed by atoms with E-state index in [-0.39, 0.29) is 4.90 Å². The summed E-state index contributed by atoms with van der Waals surface area (Å²) in [7, 11) is -3.93. The van der Waals surface area contributed by atoms with Gasteiger partial charge in [0.1, 0.15) is 13.2 Å². The average molecular weight is 413 g/mol. The lowest BCUT2D eigenvalue weighted by Gasteiger charge is -2.26. The molecule has 0 aromatic heterocycles. The van der Waals surface area contributed by atoms with E-state index >= 15 is 0 Å². The number of halogens is 3. The zero-order chi connectivity index (χ0) is 19.9. The van der Waals surface area contributed by atoms with Crippen molar-refractivity contribution < 1.29 is 31.1 Å². The zero-order valence-electron chi connectivity index (χ0n) is 14.8. The predicted octanol–water partition coefficient (Wildman–Crippen LogP) is 4.00. The van der Waals surface area contributed by atoms with Gasteiger partial charge in [-0.15, -0.1) is 0 Å². The number of alkyl halides is 3. The van der Waals surface area contributed by atoms with E-state index < -0.39 is 27.8 Å². The van der Waals surface area contributed by atoms with Gasteiger partial charge < -0.3 is 9.47 Å². The van der Waals surface area contributed by atoms with Crippen LogP contribution in [-0.2, 0) is 16.2 Å². The van der Waals surface area contributed by atoms with E-state index in [9.17, 15) is 21.6 Å². The van der Waals surface area contributed by atoms with Gasteiger partial charge in [-0.25, -0.2) is 8.42 Å². The quantitative estimate of drug-likeness (QED) is 0.763. The van der Waals surface area contributed by atoms with E-state index in [1.54, 1.807) is 18.2 Å². The average Bonchev–Trinajstić information content (AvgIpc) is 3.18. The van der Waals surface area contributed by atoms with Crippen molar-refractivity contribution in [1.82, 2.24) is 4.31 Å². The molecular weight excluding hydrogens is 395 g/mol.